The second-order valence-electron chi connectivity index (χ2n) is 5.41. The molecule has 0 aliphatic heterocycles. The number of anilines is 1. The Morgan fingerprint density at radius 1 is 1.24 bits per heavy atom. The van der Waals surface area contributed by atoms with Crippen molar-refractivity contribution >= 4 is 27.3 Å². The average molecular weight is 344 g/mol. The topological polar surface area (TPSA) is 43.3 Å². The largest absolute Gasteiger partial charge is 0.385 e. The van der Waals surface area contributed by atoms with Crippen LogP contribution >= 0.6 is 15.9 Å². The number of nitrogens with two attached hydrogens (primary N) is 1. The Kier molecular flexibility index (Phi) is 3.72. The maximum atomic E-state index is 6.14. The highest BCUT2D eigenvalue weighted by molar-refractivity contribution is 9.10. The molecule has 3 aromatic rings. The molecule has 108 valence electrons. The number of hydrogen-bond donors (Lipinski definition) is 1. The van der Waals surface area contributed by atoms with Crippen molar-refractivity contribution in [2.75, 3.05) is 5.73 Å². The number of halogens is 1. The van der Waals surface area contributed by atoms with Crippen molar-refractivity contribution in [1.82, 2.24) is 9.38 Å². The molecule has 0 saturated carbocycles. The molecule has 0 spiro atoms. The maximum absolute atomic E-state index is 6.14. The quantitative estimate of drug-likeness (QED) is 0.778. The fourth-order valence-electron chi connectivity index (χ4n) is 2.68. The van der Waals surface area contributed by atoms with Crippen LogP contribution in [0.5, 0.6) is 0 Å². The number of aromatic nitrogens is 2. The first-order valence-electron chi connectivity index (χ1n) is 7.03. The third-order valence-corrected chi connectivity index (χ3v) is 4.84. The van der Waals surface area contributed by atoms with Crippen molar-refractivity contribution in [3.63, 3.8) is 0 Å². The van der Waals surface area contributed by atoms with Crippen molar-refractivity contribution in [3.05, 3.63) is 63.5 Å². The molecule has 0 fully saturated rings. The Morgan fingerprint density at radius 3 is 2.81 bits per heavy atom. The summed E-state index contributed by atoms with van der Waals surface area (Å²) in [4.78, 5) is 4.55. The third kappa shape index (κ3) is 2.56. The minimum Gasteiger partial charge on any atom is -0.385 e. The van der Waals surface area contributed by atoms with Crippen molar-refractivity contribution in [1.29, 1.82) is 0 Å². The third-order valence-electron chi connectivity index (χ3n) is 3.87. The van der Waals surface area contributed by atoms with Crippen LogP contribution in [0.3, 0.4) is 0 Å². The van der Waals surface area contributed by atoms with Gasteiger partial charge in [0.15, 0.2) is 0 Å². The van der Waals surface area contributed by atoms with Gasteiger partial charge in [0.1, 0.15) is 5.82 Å². The Balaban J connectivity index is 1.96. The van der Waals surface area contributed by atoms with Crippen LogP contribution in [0.2, 0.25) is 0 Å². The molecule has 21 heavy (non-hydrogen) atoms. The summed E-state index contributed by atoms with van der Waals surface area (Å²) in [6.07, 6.45) is 5.61. The van der Waals surface area contributed by atoms with Gasteiger partial charge in [0.25, 0.3) is 0 Å². The normalized spacial score (nSPS) is 11.2. The minimum absolute atomic E-state index is 0.774. The summed E-state index contributed by atoms with van der Waals surface area (Å²) in [5.74, 6) is 0.774. The molecule has 0 atom stereocenters. The standard InChI is InChI=1S/C17H18BrN3/c1-11-4-3-5-13(10-11)6-7-14-16-15(18)12(2)17(19)21(16)9-8-20-14/h3-5,8-10H,6-7,19H2,1-2H3. The zero-order chi connectivity index (χ0) is 15.0. The van der Waals surface area contributed by atoms with Gasteiger partial charge < -0.3 is 5.73 Å². The van der Waals surface area contributed by atoms with Gasteiger partial charge >= 0.3 is 0 Å². The van der Waals surface area contributed by atoms with Crippen LogP contribution in [0.15, 0.2) is 41.1 Å². The van der Waals surface area contributed by atoms with Gasteiger partial charge in [-0.15, -0.1) is 0 Å². The number of aryl methyl sites for hydroxylation is 3. The number of fused-ring (bicyclic) bond motifs is 1. The van der Waals surface area contributed by atoms with E-state index in [4.69, 9.17) is 5.73 Å². The van der Waals surface area contributed by atoms with Crippen LogP contribution in [0, 0.1) is 13.8 Å². The van der Waals surface area contributed by atoms with Crippen LogP contribution in [0.4, 0.5) is 5.82 Å². The van der Waals surface area contributed by atoms with Crippen LogP contribution in [0.1, 0.15) is 22.4 Å². The molecule has 0 aliphatic rings. The molecular formula is C17H18BrN3. The van der Waals surface area contributed by atoms with E-state index in [1.807, 2.05) is 23.7 Å². The van der Waals surface area contributed by atoms with Gasteiger partial charge in [-0.3, -0.25) is 9.38 Å². The lowest BCUT2D eigenvalue weighted by Gasteiger charge is -2.06. The average Bonchev–Trinajstić information content (AvgIpc) is 2.71. The van der Waals surface area contributed by atoms with E-state index in [1.54, 1.807) is 0 Å². The van der Waals surface area contributed by atoms with E-state index < -0.39 is 0 Å². The molecule has 0 unspecified atom stereocenters. The van der Waals surface area contributed by atoms with Gasteiger partial charge in [0.05, 0.1) is 15.7 Å². The predicted molar refractivity (Wildman–Crippen MR) is 90.6 cm³/mol. The molecule has 0 aliphatic carbocycles. The second kappa shape index (κ2) is 5.53. The molecule has 0 bridgehead atoms. The first-order valence-corrected chi connectivity index (χ1v) is 7.82. The number of nitrogen functional groups attached to an aromatic ring is 1. The van der Waals surface area contributed by atoms with E-state index in [0.717, 1.165) is 39.9 Å². The SMILES string of the molecule is Cc1cccc(CCc2nccn3c(N)c(C)c(Br)c23)c1. The lowest BCUT2D eigenvalue weighted by atomic mass is 10.1. The molecular weight excluding hydrogens is 326 g/mol. The Bertz CT molecular complexity index is 805. The highest BCUT2D eigenvalue weighted by Gasteiger charge is 2.14. The smallest absolute Gasteiger partial charge is 0.112 e. The second-order valence-corrected chi connectivity index (χ2v) is 6.20. The molecule has 0 saturated heterocycles. The van der Waals surface area contributed by atoms with Crippen molar-refractivity contribution < 1.29 is 0 Å². The number of rotatable bonds is 3. The molecule has 1 aromatic carbocycles. The van der Waals surface area contributed by atoms with Gasteiger partial charge in [0, 0.05) is 18.0 Å². The van der Waals surface area contributed by atoms with E-state index in [9.17, 15) is 0 Å². The fourth-order valence-corrected chi connectivity index (χ4v) is 3.30. The predicted octanol–water partition coefficient (Wildman–Crippen LogP) is 4.08. The summed E-state index contributed by atoms with van der Waals surface area (Å²) in [5.41, 5.74) is 12.0. The zero-order valence-corrected chi connectivity index (χ0v) is 13.8. The Labute approximate surface area is 132 Å². The summed E-state index contributed by atoms with van der Waals surface area (Å²) in [6, 6.07) is 8.62. The van der Waals surface area contributed by atoms with Crippen LogP contribution in [0.25, 0.3) is 5.52 Å². The molecule has 2 heterocycles. The molecule has 3 nitrogen and oxygen atoms in total. The summed E-state index contributed by atoms with van der Waals surface area (Å²) in [6.45, 7) is 4.15. The molecule has 3 rings (SSSR count). The summed E-state index contributed by atoms with van der Waals surface area (Å²) >= 11 is 3.65. The van der Waals surface area contributed by atoms with Crippen LogP contribution in [-0.2, 0) is 12.8 Å². The summed E-state index contributed by atoms with van der Waals surface area (Å²) in [7, 11) is 0. The number of benzene rings is 1. The molecule has 0 amide bonds. The zero-order valence-electron chi connectivity index (χ0n) is 12.2. The molecule has 2 aromatic heterocycles. The highest BCUT2D eigenvalue weighted by Crippen LogP contribution is 2.31. The van der Waals surface area contributed by atoms with Crippen molar-refractivity contribution in [2.45, 2.75) is 26.7 Å². The Morgan fingerprint density at radius 2 is 2.05 bits per heavy atom. The minimum atomic E-state index is 0.774. The van der Waals surface area contributed by atoms with E-state index in [2.05, 4.69) is 52.1 Å². The van der Waals surface area contributed by atoms with Gasteiger partial charge in [-0.05, 0) is 48.2 Å². The van der Waals surface area contributed by atoms with Gasteiger partial charge in [0.2, 0.25) is 0 Å². The van der Waals surface area contributed by atoms with E-state index >= 15 is 0 Å². The maximum Gasteiger partial charge on any atom is 0.112 e. The first kappa shape index (κ1) is 14.1. The van der Waals surface area contributed by atoms with Crippen LogP contribution in [-0.4, -0.2) is 9.38 Å². The van der Waals surface area contributed by atoms with E-state index in [0.29, 0.717) is 0 Å². The van der Waals surface area contributed by atoms with E-state index in [1.165, 1.54) is 11.1 Å². The van der Waals surface area contributed by atoms with Gasteiger partial charge in [-0.25, -0.2) is 0 Å². The van der Waals surface area contributed by atoms with E-state index in [-0.39, 0.29) is 0 Å². The molecule has 2 N–H and O–H groups in total. The Hall–Kier alpha value is -1.81. The lowest BCUT2D eigenvalue weighted by molar-refractivity contribution is 0.906. The monoisotopic (exact) mass is 343 g/mol. The highest BCUT2D eigenvalue weighted by atomic mass is 79.9. The van der Waals surface area contributed by atoms with Crippen LogP contribution < -0.4 is 5.73 Å². The summed E-state index contributed by atoms with van der Waals surface area (Å²) < 4.78 is 3.06. The number of hydrogen-bond acceptors (Lipinski definition) is 2. The number of nitrogens with zero attached hydrogens (tertiary/aromatic N) is 2. The van der Waals surface area contributed by atoms with Gasteiger partial charge in [-0.2, -0.15) is 0 Å². The first-order chi connectivity index (χ1) is 10.1. The lowest BCUT2D eigenvalue weighted by Crippen LogP contribution is -2.00. The molecule has 0 radical (unpaired) electrons. The fraction of sp³-hybridized carbons (Fsp3) is 0.235. The summed E-state index contributed by atoms with van der Waals surface area (Å²) in [5, 5.41) is 0. The van der Waals surface area contributed by atoms with Crippen molar-refractivity contribution in [3.8, 4) is 0 Å². The molecule has 4 heteroatoms. The van der Waals surface area contributed by atoms with Gasteiger partial charge in [-0.1, -0.05) is 29.8 Å². The van der Waals surface area contributed by atoms with Crippen molar-refractivity contribution in [2.24, 2.45) is 0 Å².